The molecule has 0 aromatic heterocycles. The van der Waals surface area contributed by atoms with Gasteiger partial charge in [0.25, 0.3) is 0 Å². The van der Waals surface area contributed by atoms with E-state index in [1.165, 1.54) is 19.0 Å². The van der Waals surface area contributed by atoms with Crippen LogP contribution >= 0.6 is 11.6 Å². The summed E-state index contributed by atoms with van der Waals surface area (Å²) >= 11 is 5.39. The quantitative estimate of drug-likeness (QED) is 0.361. The van der Waals surface area contributed by atoms with Gasteiger partial charge in [-0.05, 0) is 6.42 Å². The van der Waals surface area contributed by atoms with E-state index in [4.69, 9.17) is 21.1 Å². The molecular formula is C13H23ClN2O5. The number of amides is 2. The molecule has 7 nitrogen and oxygen atoms in total. The van der Waals surface area contributed by atoms with E-state index < -0.39 is 12.1 Å². The van der Waals surface area contributed by atoms with Crippen LogP contribution in [0, 0.1) is 0 Å². The summed E-state index contributed by atoms with van der Waals surface area (Å²) in [5, 5.41) is 0. The van der Waals surface area contributed by atoms with Crippen LogP contribution in [0.1, 0.15) is 19.8 Å². The first-order valence-corrected chi connectivity index (χ1v) is 7.29. The standard InChI is InChI=1S/C13H23ClN2O5/c1-4-5-7-20-12(18)10-15(2)11(17)9-16(3)13(19)21-8-6-14/h4-10H2,1-3H3. The van der Waals surface area contributed by atoms with Crippen molar-refractivity contribution in [1.82, 2.24) is 9.80 Å². The molecule has 0 radical (unpaired) electrons. The fourth-order valence-electron chi connectivity index (χ4n) is 1.28. The molecule has 0 aliphatic heterocycles. The van der Waals surface area contributed by atoms with Crippen LogP contribution < -0.4 is 0 Å². The maximum atomic E-state index is 11.8. The zero-order valence-corrected chi connectivity index (χ0v) is 13.5. The van der Waals surface area contributed by atoms with E-state index in [2.05, 4.69) is 0 Å². The van der Waals surface area contributed by atoms with Crippen LogP contribution in [-0.4, -0.2) is 74.0 Å². The van der Waals surface area contributed by atoms with Crippen molar-refractivity contribution in [2.24, 2.45) is 0 Å². The third-order valence-electron chi connectivity index (χ3n) is 2.54. The van der Waals surface area contributed by atoms with Crippen LogP contribution in [0.2, 0.25) is 0 Å². The average molecular weight is 323 g/mol. The molecule has 0 spiro atoms. The number of rotatable bonds is 9. The highest BCUT2D eigenvalue weighted by Gasteiger charge is 2.19. The molecule has 0 fully saturated rings. The SMILES string of the molecule is CCCCOC(=O)CN(C)C(=O)CN(C)C(=O)OCCCl. The third kappa shape index (κ3) is 9.12. The normalized spacial score (nSPS) is 9.90. The Labute approximate surface area is 130 Å². The van der Waals surface area contributed by atoms with Gasteiger partial charge < -0.3 is 19.3 Å². The first-order valence-electron chi connectivity index (χ1n) is 6.75. The van der Waals surface area contributed by atoms with Crippen molar-refractivity contribution in [2.45, 2.75) is 19.8 Å². The number of likely N-dealkylation sites (N-methyl/N-ethyl adjacent to an activating group) is 2. The minimum atomic E-state index is -0.636. The number of ether oxygens (including phenoxy) is 2. The zero-order valence-electron chi connectivity index (χ0n) is 12.8. The second-order valence-corrected chi connectivity index (χ2v) is 4.86. The molecule has 8 heteroatoms. The molecule has 122 valence electrons. The van der Waals surface area contributed by atoms with Crippen molar-refractivity contribution >= 4 is 29.6 Å². The van der Waals surface area contributed by atoms with E-state index in [1.807, 2.05) is 6.92 Å². The molecule has 0 aromatic carbocycles. The highest BCUT2D eigenvalue weighted by atomic mass is 35.5. The van der Waals surface area contributed by atoms with E-state index in [-0.39, 0.29) is 31.5 Å². The first kappa shape index (κ1) is 19.5. The summed E-state index contributed by atoms with van der Waals surface area (Å²) in [4.78, 5) is 37.1. The van der Waals surface area contributed by atoms with Crippen molar-refractivity contribution < 1.29 is 23.9 Å². The van der Waals surface area contributed by atoms with Crippen LogP contribution in [0.25, 0.3) is 0 Å². The van der Waals surface area contributed by atoms with E-state index in [9.17, 15) is 14.4 Å². The molecule has 21 heavy (non-hydrogen) atoms. The largest absolute Gasteiger partial charge is 0.464 e. The van der Waals surface area contributed by atoms with Gasteiger partial charge in [0.05, 0.1) is 12.5 Å². The molecule has 0 heterocycles. The van der Waals surface area contributed by atoms with Crippen molar-refractivity contribution in [1.29, 1.82) is 0 Å². The van der Waals surface area contributed by atoms with Crippen LogP contribution in [0.4, 0.5) is 4.79 Å². The Bertz CT molecular complexity index is 351. The lowest BCUT2D eigenvalue weighted by Crippen LogP contribution is -2.41. The van der Waals surface area contributed by atoms with E-state index in [1.54, 1.807) is 0 Å². The number of halogens is 1. The molecule has 0 aliphatic carbocycles. The van der Waals surface area contributed by atoms with Gasteiger partial charge in [0, 0.05) is 14.1 Å². The van der Waals surface area contributed by atoms with Gasteiger partial charge in [0.1, 0.15) is 19.7 Å². The Morgan fingerprint density at radius 1 is 1.00 bits per heavy atom. The number of hydrogen-bond donors (Lipinski definition) is 0. The van der Waals surface area contributed by atoms with Crippen molar-refractivity contribution in [3.05, 3.63) is 0 Å². The van der Waals surface area contributed by atoms with Crippen LogP contribution in [-0.2, 0) is 19.1 Å². The van der Waals surface area contributed by atoms with Crippen LogP contribution in [0.3, 0.4) is 0 Å². The Hall–Kier alpha value is -1.50. The van der Waals surface area contributed by atoms with Gasteiger partial charge in [-0.3, -0.25) is 9.59 Å². The van der Waals surface area contributed by atoms with Gasteiger partial charge in [-0.15, -0.1) is 11.6 Å². The summed E-state index contributed by atoms with van der Waals surface area (Å²) in [6.45, 7) is 2.09. The Morgan fingerprint density at radius 3 is 2.24 bits per heavy atom. The molecule has 0 aromatic rings. The van der Waals surface area contributed by atoms with Crippen molar-refractivity contribution in [2.75, 3.05) is 46.3 Å². The van der Waals surface area contributed by atoms with Gasteiger partial charge in [0.15, 0.2) is 0 Å². The van der Waals surface area contributed by atoms with Crippen molar-refractivity contribution in [3.63, 3.8) is 0 Å². The summed E-state index contributed by atoms with van der Waals surface area (Å²) in [5.41, 5.74) is 0. The second kappa shape index (κ2) is 11.2. The van der Waals surface area contributed by atoms with E-state index in [0.29, 0.717) is 6.61 Å². The van der Waals surface area contributed by atoms with E-state index in [0.717, 1.165) is 17.7 Å². The van der Waals surface area contributed by atoms with Crippen LogP contribution in [0.5, 0.6) is 0 Å². The number of carbonyl (C=O) groups is 3. The minimum absolute atomic E-state index is 0.0819. The fourth-order valence-corrected chi connectivity index (χ4v) is 1.36. The lowest BCUT2D eigenvalue weighted by molar-refractivity contribution is -0.148. The first-order chi connectivity index (χ1) is 9.92. The summed E-state index contributed by atoms with van der Waals surface area (Å²) < 4.78 is 9.73. The minimum Gasteiger partial charge on any atom is -0.464 e. The maximum absolute atomic E-state index is 11.8. The predicted octanol–water partition coefficient (Wildman–Crippen LogP) is 1.10. The van der Waals surface area contributed by atoms with Crippen LogP contribution in [0.15, 0.2) is 0 Å². The summed E-state index contributed by atoms with van der Waals surface area (Å²) in [7, 11) is 2.91. The summed E-state index contributed by atoms with van der Waals surface area (Å²) in [6, 6.07) is 0. The second-order valence-electron chi connectivity index (χ2n) is 4.48. The van der Waals surface area contributed by atoms with Gasteiger partial charge in [-0.25, -0.2) is 4.79 Å². The average Bonchev–Trinajstić information content (AvgIpc) is 2.44. The highest BCUT2D eigenvalue weighted by Crippen LogP contribution is 1.96. The molecular weight excluding hydrogens is 300 g/mol. The lowest BCUT2D eigenvalue weighted by Gasteiger charge is -2.21. The van der Waals surface area contributed by atoms with Crippen molar-refractivity contribution in [3.8, 4) is 0 Å². The zero-order chi connectivity index (χ0) is 16.3. The maximum Gasteiger partial charge on any atom is 0.410 e. The molecule has 0 aliphatic rings. The Balaban J connectivity index is 4.08. The fraction of sp³-hybridized carbons (Fsp3) is 0.769. The molecule has 0 saturated heterocycles. The highest BCUT2D eigenvalue weighted by molar-refractivity contribution is 6.18. The monoisotopic (exact) mass is 322 g/mol. The van der Waals surface area contributed by atoms with E-state index >= 15 is 0 Å². The third-order valence-corrected chi connectivity index (χ3v) is 2.69. The number of nitrogens with zero attached hydrogens (tertiary/aromatic N) is 2. The van der Waals surface area contributed by atoms with Gasteiger partial charge in [-0.1, -0.05) is 13.3 Å². The predicted molar refractivity (Wildman–Crippen MR) is 78.2 cm³/mol. The molecule has 2 amide bonds. The Kier molecular flexibility index (Phi) is 10.4. The van der Waals surface area contributed by atoms with Gasteiger partial charge in [0.2, 0.25) is 5.91 Å². The molecule has 0 N–H and O–H groups in total. The summed E-state index contributed by atoms with van der Waals surface area (Å²) in [5.74, 6) is -0.656. The Morgan fingerprint density at radius 2 is 1.67 bits per heavy atom. The molecule has 0 rings (SSSR count). The lowest BCUT2D eigenvalue weighted by atomic mass is 10.4. The van der Waals surface area contributed by atoms with Gasteiger partial charge in [-0.2, -0.15) is 0 Å². The molecule has 0 unspecified atom stereocenters. The number of hydrogen-bond acceptors (Lipinski definition) is 5. The summed E-state index contributed by atoms with van der Waals surface area (Å²) in [6.07, 6.45) is 1.08. The topological polar surface area (TPSA) is 76.2 Å². The molecule has 0 atom stereocenters. The molecule has 0 bridgehead atoms. The number of carbonyl (C=O) groups excluding carboxylic acids is 3. The number of unbranched alkanes of at least 4 members (excludes halogenated alkanes) is 1. The van der Waals surface area contributed by atoms with Gasteiger partial charge >= 0.3 is 12.1 Å². The number of alkyl halides is 1. The molecule has 0 saturated carbocycles. The smallest absolute Gasteiger partial charge is 0.410 e. The number of esters is 1.